The van der Waals surface area contributed by atoms with Crippen LogP contribution in [0.2, 0.25) is 0 Å². The molecular formula is C23H38N2O5. The van der Waals surface area contributed by atoms with Crippen LogP contribution in [-0.2, 0) is 11.2 Å². The first-order valence-electron chi connectivity index (χ1n) is 11.0. The fourth-order valence-corrected chi connectivity index (χ4v) is 3.50. The van der Waals surface area contributed by atoms with E-state index >= 15 is 0 Å². The van der Waals surface area contributed by atoms with Crippen LogP contribution in [0.1, 0.15) is 38.7 Å². The largest absolute Gasteiger partial charge is 0.493 e. The minimum Gasteiger partial charge on any atom is -0.493 e. The summed E-state index contributed by atoms with van der Waals surface area (Å²) in [5.41, 5.74) is 0.898. The van der Waals surface area contributed by atoms with E-state index in [1.54, 1.807) is 14.0 Å². The molecule has 1 fully saturated rings. The number of ether oxygens (including phenoxy) is 3. The summed E-state index contributed by atoms with van der Waals surface area (Å²) in [6.45, 7) is 9.44. The van der Waals surface area contributed by atoms with E-state index in [0.29, 0.717) is 36.7 Å². The average Bonchev–Trinajstić information content (AvgIpc) is 2.94. The van der Waals surface area contributed by atoms with Gasteiger partial charge in [0.1, 0.15) is 5.75 Å². The molecule has 1 aliphatic heterocycles. The molecule has 0 radical (unpaired) electrons. The molecule has 7 heteroatoms. The second-order valence-electron chi connectivity index (χ2n) is 8.01. The van der Waals surface area contributed by atoms with Crippen LogP contribution in [0.3, 0.4) is 0 Å². The Hall–Kier alpha value is -1.83. The van der Waals surface area contributed by atoms with Gasteiger partial charge in [-0.3, -0.25) is 4.79 Å². The summed E-state index contributed by atoms with van der Waals surface area (Å²) in [7, 11) is 3.79. The summed E-state index contributed by atoms with van der Waals surface area (Å²) in [5.74, 6) is 1.83. The smallest absolute Gasteiger partial charge is 0.169 e. The maximum absolute atomic E-state index is 11.7. The van der Waals surface area contributed by atoms with E-state index in [-0.39, 0.29) is 12.4 Å². The molecule has 1 saturated heterocycles. The van der Waals surface area contributed by atoms with Crippen molar-refractivity contribution in [2.24, 2.45) is 0 Å². The van der Waals surface area contributed by atoms with E-state index in [1.165, 1.54) is 13.3 Å². The molecule has 1 N–H and O–H groups in total. The first kappa shape index (κ1) is 24.4. The molecule has 1 unspecified atom stereocenters. The number of carbonyl (C=O) groups is 1. The number of aliphatic hydroxyl groups is 1. The molecule has 0 aliphatic carbocycles. The maximum Gasteiger partial charge on any atom is 0.169 e. The van der Waals surface area contributed by atoms with E-state index in [2.05, 4.69) is 16.8 Å². The van der Waals surface area contributed by atoms with Gasteiger partial charge in [0.25, 0.3) is 0 Å². The highest BCUT2D eigenvalue weighted by molar-refractivity contribution is 5.80. The van der Waals surface area contributed by atoms with Gasteiger partial charge in [-0.15, -0.1) is 0 Å². The third kappa shape index (κ3) is 7.78. The van der Waals surface area contributed by atoms with Crippen molar-refractivity contribution in [3.8, 4) is 17.2 Å². The highest BCUT2D eigenvalue weighted by Crippen LogP contribution is 2.36. The van der Waals surface area contributed by atoms with Crippen molar-refractivity contribution in [2.75, 3.05) is 60.1 Å². The Morgan fingerprint density at radius 1 is 1.13 bits per heavy atom. The molecule has 0 bridgehead atoms. The summed E-state index contributed by atoms with van der Waals surface area (Å²) < 4.78 is 17.5. The van der Waals surface area contributed by atoms with Gasteiger partial charge in [0.2, 0.25) is 0 Å². The van der Waals surface area contributed by atoms with Gasteiger partial charge in [-0.2, -0.15) is 0 Å². The van der Waals surface area contributed by atoms with Crippen molar-refractivity contribution in [3.05, 3.63) is 17.7 Å². The molecule has 1 aromatic carbocycles. The standard InChI is InChI=1S/C23H38N2O5/c1-18(27)19(2)30-21-17-23(22(28-4)16-20(21)8-5-14-26)29-15-7-11-25-10-6-9-24(3)12-13-25/h16-17,19,26H,5-15H2,1-4H3. The molecule has 1 heterocycles. The third-order valence-electron chi connectivity index (χ3n) is 5.52. The Morgan fingerprint density at radius 3 is 2.63 bits per heavy atom. The Morgan fingerprint density at radius 2 is 1.93 bits per heavy atom. The summed E-state index contributed by atoms with van der Waals surface area (Å²) in [4.78, 5) is 16.5. The number of Topliss-reactive ketones (excluding diaryl/α,β-unsaturated/α-hetero) is 1. The molecule has 170 valence electrons. The zero-order valence-electron chi connectivity index (χ0n) is 19.0. The second-order valence-corrected chi connectivity index (χ2v) is 8.01. The van der Waals surface area contributed by atoms with E-state index in [4.69, 9.17) is 14.2 Å². The zero-order chi connectivity index (χ0) is 21.9. The topological polar surface area (TPSA) is 71.5 Å². The fourth-order valence-electron chi connectivity index (χ4n) is 3.50. The molecule has 0 amide bonds. The van der Waals surface area contributed by atoms with Crippen molar-refractivity contribution >= 4 is 5.78 Å². The number of hydrogen-bond acceptors (Lipinski definition) is 7. The SMILES string of the molecule is COc1cc(CCCO)c(OC(C)C(C)=O)cc1OCCCN1CCCN(C)CC1. The lowest BCUT2D eigenvalue weighted by Gasteiger charge is -2.21. The molecule has 7 nitrogen and oxygen atoms in total. The van der Waals surface area contributed by atoms with Gasteiger partial charge in [0, 0.05) is 32.3 Å². The van der Waals surface area contributed by atoms with E-state index in [9.17, 15) is 9.90 Å². The van der Waals surface area contributed by atoms with Crippen molar-refractivity contribution < 1.29 is 24.1 Å². The Kier molecular flexibility index (Phi) is 10.4. The van der Waals surface area contributed by atoms with Gasteiger partial charge in [-0.1, -0.05) is 0 Å². The lowest BCUT2D eigenvalue weighted by atomic mass is 10.1. The lowest BCUT2D eigenvalue weighted by molar-refractivity contribution is -0.122. The van der Waals surface area contributed by atoms with E-state index < -0.39 is 6.10 Å². The Labute approximate surface area is 180 Å². The van der Waals surface area contributed by atoms with Crippen LogP contribution in [0.4, 0.5) is 0 Å². The van der Waals surface area contributed by atoms with Crippen molar-refractivity contribution in [3.63, 3.8) is 0 Å². The summed E-state index contributed by atoms with van der Waals surface area (Å²) in [5, 5.41) is 9.20. The van der Waals surface area contributed by atoms with Crippen LogP contribution >= 0.6 is 0 Å². The molecular weight excluding hydrogens is 384 g/mol. The second kappa shape index (κ2) is 12.8. The van der Waals surface area contributed by atoms with E-state index in [0.717, 1.165) is 44.7 Å². The molecule has 0 aromatic heterocycles. The number of carbonyl (C=O) groups excluding carboxylic acids is 1. The number of ketones is 1. The van der Waals surface area contributed by atoms with Gasteiger partial charge in [0.05, 0.1) is 13.7 Å². The van der Waals surface area contributed by atoms with Crippen molar-refractivity contribution in [2.45, 2.75) is 45.6 Å². The predicted octanol–water partition coefficient (Wildman–Crippen LogP) is 2.38. The van der Waals surface area contributed by atoms with Gasteiger partial charge >= 0.3 is 0 Å². The molecule has 2 rings (SSSR count). The van der Waals surface area contributed by atoms with Crippen molar-refractivity contribution in [1.82, 2.24) is 9.80 Å². The number of likely N-dealkylation sites (N-methyl/N-ethyl adjacent to an activating group) is 1. The quantitative estimate of drug-likeness (QED) is 0.519. The lowest BCUT2D eigenvalue weighted by Crippen LogP contribution is -2.30. The van der Waals surface area contributed by atoms with Crippen LogP contribution < -0.4 is 14.2 Å². The summed E-state index contributed by atoms with van der Waals surface area (Å²) >= 11 is 0. The molecule has 30 heavy (non-hydrogen) atoms. The number of methoxy groups -OCH3 is 1. The van der Waals surface area contributed by atoms with Gasteiger partial charge in [0.15, 0.2) is 23.4 Å². The number of rotatable bonds is 12. The van der Waals surface area contributed by atoms with Crippen LogP contribution in [0, 0.1) is 0 Å². The Bertz CT molecular complexity index is 667. The molecule has 0 saturated carbocycles. The van der Waals surface area contributed by atoms with Gasteiger partial charge < -0.3 is 29.1 Å². The Balaban J connectivity index is 2.01. The van der Waals surface area contributed by atoms with Gasteiger partial charge in [-0.25, -0.2) is 0 Å². The molecule has 1 aliphatic rings. The highest BCUT2D eigenvalue weighted by Gasteiger charge is 2.17. The third-order valence-corrected chi connectivity index (χ3v) is 5.52. The highest BCUT2D eigenvalue weighted by atomic mass is 16.5. The fraction of sp³-hybridized carbons (Fsp3) is 0.696. The molecule has 0 spiro atoms. The first-order chi connectivity index (χ1) is 14.4. The van der Waals surface area contributed by atoms with Crippen LogP contribution in [0.15, 0.2) is 12.1 Å². The minimum absolute atomic E-state index is 0.0375. The van der Waals surface area contributed by atoms with Crippen LogP contribution in [0.25, 0.3) is 0 Å². The van der Waals surface area contributed by atoms with Crippen molar-refractivity contribution in [1.29, 1.82) is 0 Å². The van der Waals surface area contributed by atoms with Crippen LogP contribution in [0.5, 0.6) is 17.2 Å². The van der Waals surface area contributed by atoms with Crippen LogP contribution in [-0.4, -0.2) is 86.9 Å². The minimum atomic E-state index is -0.541. The first-order valence-corrected chi connectivity index (χ1v) is 11.0. The number of hydrogen-bond donors (Lipinski definition) is 1. The number of aryl methyl sites for hydroxylation is 1. The number of aliphatic hydroxyl groups excluding tert-OH is 1. The number of benzene rings is 1. The normalized spacial score (nSPS) is 16.7. The molecule has 1 atom stereocenters. The monoisotopic (exact) mass is 422 g/mol. The predicted molar refractivity (Wildman–Crippen MR) is 118 cm³/mol. The average molecular weight is 423 g/mol. The summed E-state index contributed by atoms with van der Waals surface area (Å²) in [6.07, 6.45) is 2.84. The summed E-state index contributed by atoms with van der Waals surface area (Å²) in [6, 6.07) is 3.70. The van der Waals surface area contributed by atoms with E-state index in [1.807, 2.05) is 12.1 Å². The van der Waals surface area contributed by atoms with Gasteiger partial charge in [-0.05, 0) is 71.3 Å². The molecule has 1 aromatic rings. The number of nitrogens with zero attached hydrogens (tertiary/aromatic N) is 2. The maximum atomic E-state index is 11.7. The zero-order valence-corrected chi connectivity index (χ0v) is 19.0.